The highest BCUT2D eigenvalue weighted by atomic mass is 16.5. The van der Waals surface area contributed by atoms with Gasteiger partial charge in [-0.1, -0.05) is 13.3 Å². The molecule has 0 saturated carbocycles. The zero-order valence-corrected chi connectivity index (χ0v) is 9.51. The maximum Gasteiger partial charge on any atom is 0.0615 e. The highest BCUT2D eigenvalue weighted by Crippen LogP contribution is 2.05. The van der Waals surface area contributed by atoms with Gasteiger partial charge in [0.05, 0.1) is 6.61 Å². The highest BCUT2D eigenvalue weighted by molar-refractivity contribution is 4.79. The summed E-state index contributed by atoms with van der Waals surface area (Å²) in [6.07, 6.45) is 5.03. The van der Waals surface area contributed by atoms with Gasteiger partial charge in [-0.25, -0.2) is 0 Å². The summed E-state index contributed by atoms with van der Waals surface area (Å²) in [5, 5.41) is 7.09. The van der Waals surface area contributed by atoms with Crippen LogP contribution in [-0.4, -0.2) is 38.9 Å². The van der Waals surface area contributed by atoms with Gasteiger partial charge in [0.2, 0.25) is 0 Å². The zero-order valence-electron chi connectivity index (χ0n) is 9.51. The van der Waals surface area contributed by atoms with E-state index in [1.165, 1.54) is 32.2 Å². The summed E-state index contributed by atoms with van der Waals surface area (Å²) < 4.78 is 5.22. The minimum atomic E-state index is 0.537. The monoisotopic (exact) mass is 200 g/mol. The number of ether oxygens (including phenoxy) is 1. The van der Waals surface area contributed by atoms with Gasteiger partial charge >= 0.3 is 0 Å². The molecule has 1 aliphatic rings. The Morgan fingerprint density at radius 1 is 1.57 bits per heavy atom. The smallest absolute Gasteiger partial charge is 0.0615 e. The highest BCUT2D eigenvalue weighted by Gasteiger charge is 2.16. The van der Waals surface area contributed by atoms with Crippen molar-refractivity contribution in [1.82, 2.24) is 10.6 Å². The topological polar surface area (TPSA) is 33.3 Å². The number of hydrogen-bond donors (Lipinski definition) is 2. The minimum Gasteiger partial charge on any atom is -0.383 e. The van der Waals surface area contributed by atoms with Crippen LogP contribution in [0, 0.1) is 0 Å². The molecule has 1 fully saturated rings. The van der Waals surface area contributed by atoms with Crippen LogP contribution in [-0.2, 0) is 4.74 Å². The van der Waals surface area contributed by atoms with Gasteiger partial charge in [0, 0.05) is 25.7 Å². The molecule has 0 bridgehead atoms. The molecule has 0 aromatic carbocycles. The lowest BCUT2D eigenvalue weighted by Crippen LogP contribution is -2.48. The predicted octanol–water partition coefficient (Wildman–Crippen LogP) is 1.14. The first-order valence-corrected chi connectivity index (χ1v) is 5.82. The zero-order chi connectivity index (χ0) is 10.2. The van der Waals surface area contributed by atoms with Crippen molar-refractivity contribution in [2.45, 2.75) is 44.7 Å². The first-order chi connectivity index (χ1) is 6.86. The maximum atomic E-state index is 5.22. The predicted molar refractivity (Wildman–Crippen MR) is 59.6 cm³/mol. The molecule has 2 unspecified atom stereocenters. The summed E-state index contributed by atoms with van der Waals surface area (Å²) in [5.41, 5.74) is 0. The van der Waals surface area contributed by atoms with Crippen molar-refractivity contribution in [1.29, 1.82) is 0 Å². The van der Waals surface area contributed by atoms with E-state index < -0.39 is 0 Å². The summed E-state index contributed by atoms with van der Waals surface area (Å²) in [5.74, 6) is 0. The van der Waals surface area contributed by atoms with E-state index in [1.807, 2.05) is 0 Å². The molecular formula is C11H24N2O. The number of rotatable bonds is 6. The first-order valence-electron chi connectivity index (χ1n) is 5.82. The van der Waals surface area contributed by atoms with Crippen LogP contribution in [0.2, 0.25) is 0 Å². The van der Waals surface area contributed by atoms with Crippen molar-refractivity contribution < 1.29 is 4.74 Å². The first kappa shape index (κ1) is 12.0. The molecule has 0 amide bonds. The molecule has 2 N–H and O–H groups in total. The van der Waals surface area contributed by atoms with Gasteiger partial charge in [-0.15, -0.1) is 0 Å². The van der Waals surface area contributed by atoms with Crippen LogP contribution in [0.4, 0.5) is 0 Å². The van der Waals surface area contributed by atoms with Gasteiger partial charge in [-0.2, -0.15) is 0 Å². The second-order valence-corrected chi connectivity index (χ2v) is 4.15. The molecule has 1 aliphatic heterocycles. The molecule has 2 atom stereocenters. The molecule has 0 radical (unpaired) electrons. The fraction of sp³-hybridized carbons (Fsp3) is 1.00. The van der Waals surface area contributed by atoms with E-state index in [2.05, 4.69) is 17.6 Å². The van der Waals surface area contributed by atoms with Gasteiger partial charge in [0.25, 0.3) is 0 Å². The third kappa shape index (κ3) is 4.40. The molecule has 1 heterocycles. The number of piperidine rings is 1. The molecule has 0 aliphatic carbocycles. The average Bonchev–Trinajstić information content (AvgIpc) is 2.20. The largest absolute Gasteiger partial charge is 0.383 e. The van der Waals surface area contributed by atoms with E-state index in [0.29, 0.717) is 12.1 Å². The molecule has 14 heavy (non-hydrogen) atoms. The van der Waals surface area contributed by atoms with Gasteiger partial charge < -0.3 is 15.4 Å². The molecule has 3 nitrogen and oxygen atoms in total. The lowest BCUT2D eigenvalue weighted by atomic mass is 10.1. The summed E-state index contributed by atoms with van der Waals surface area (Å²) >= 11 is 0. The minimum absolute atomic E-state index is 0.537. The van der Waals surface area contributed by atoms with Gasteiger partial charge in [-0.05, 0) is 25.8 Å². The van der Waals surface area contributed by atoms with Crippen molar-refractivity contribution in [3.63, 3.8) is 0 Å². The van der Waals surface area contributed by atoms with E-state index in [0.717, 1.165) is 13.2 Å². The third-order valence-electron chi connectivity index (χ3n) is 2.77. The van der Waals surface area contributed by atoms with Crippen molar-refractivity contribution in [2.24, 2.45) is 0 Å². The Bertz CT molecular complexity index is 129. The van der Waals surface area contributed by atoms with Crippen LogP contribution in [0.1, 0.15) is 32.6 Å². The Hall–Kier alpha value is -0.120. The summed E-state index contributed by atoms with van der Waals surface area (Å²) in [6, 6.07) is 1.19. The Morgan fingerprint density at radius 3 is 3.00 bits per heavy atom. The molecule has 84 valence electrons. The molecule has 0 aromatic rings. The SMILES string of the molecule is CCCC(COC)NC1CCCNC1. The average molecular weight is 200 g/mol. The van der Waals surface area contributed by atoms with Crippen LogP contribution >= 0.6 is 0 Å². The van der Waals surface area contributed by atoms with Crippen molar-refractivity contribution in [3.05, 3.63) is 0 Å². The Kier molecular flexibility index (Phi) is 6.15. The van der Waals surface area contributed by atoms with E-state index in [1.54, 1.807) is 7.11 Å². The number of methoxy groups -OCH3 is 1. The summed E-state index contributed by atoms with van der Waals surface area (Å²) in [4.78, 5) is 0. The van der Waals surface area contributed by atoms with Crippen molar-refractivity contribution in [3.8, 4) is 0 Å². The lowest BCUT2D eigenvalue weighted by molar-refractivity contribution is 0.152. The molecule has 3 heteroatoms. The molecule has 1 saturated heterocycles. The van der Waals surface area contributed by atoms with Gasteiger partial charge in [0.15, 0.2) is 0 Å². The van der Waals surface area contributed by atoms with Crippen molar-refractivity contribution >= 4 is 0 Å². The summed E-state index contributed by atoms with van der Waals surface area (Å²) in [6.45, 7) is 5.36. The molecular weight excluding hydrogens is 176 g/mol. The van der Waals surface area contributed by atoms with E-state index >= 15 is 0 Å². The van der Waals surface area contributed by atoms with E-state index in [-0.39, 0.29) is 0 Å². The second-order valence-electron chi connectivity index (χ2n) is 4.15. The molecule has 0 spiro atoms. The van der Waals surface area contributed by atoms with Gasteiger partial charge in [0.1, 0.15) is 0 Å². The number of nitrogens with one attached hydrogen (secondary N) is 2. The normalized spacial score (nSPS) is 24.9. The van der Waals surface area contributed by atoms with E-state index in [4.69, 9.17) is 4.74 Å². The lowest BCUT2D eigenvalue weighted by Gasteiger charge is -2.28. The second kappa shape index (κ2) is 7.21. The van der Waals surface area contributed by atoms with Crippen LogP contribution < -0.4 is 10.6 Å². The van der Waals surface area contributed by atoms with Gasteiger partial charge in [-0.3, -0.25) is 0 Å². The molecule has 0 aromatic heterocycles. The molecule has 1 rings (SSSR count). The van der Waals surface area contributed by atoms with Crippen molar-refractivity contribution in [2.75, 3.05) is 26.8 Å². The maximum absolute atomic E-state index is 5.22. The standard InChI is InChI=1S/C11H24N2O/c1-3-5-11(9-14-2)13-10-6-4-7-12-8-10/h10-13H,3-9H2,1-2H3. The van der Waals surface area contributed by atoms with Crippen LogP contribution in [0.5, 0.6) is 0 Å². The summed E-state index contributed by atoms with van der Waals surface area (Å²) in [7, 11) is 1.78. The third-order valence-corrected chi connectivity index (χ3v) is 2.77. The fourth-order valence-corrected chi connectivity index (χ4v) is 2.09. The quantitative estimate of drug-likeness (QED) is 0.674. The Labute approximate surface area is 87.6 Å². The Balaban J connectivity index is 2.21. The Morgan fingerprint density at radius 2 is 2.43 bits per heavy atom. The van der Waals surface area contributed by atoms with Crippen LogP contribution in [0.3, 0.4) is 0 Å². The van der Waals surface area contributed by atoms with Crippen LogP contribution in [0.15, 0.2) is 0 Å². The van der Waals surface area contributed by atoms with E-state index in [9.17, 15) is 0 Å². The van der Waals surface area contributed by atoms with Crippen LogP contribution in [0.25, 0.3) is 0 Å². The fourth-order valence-electron chi connectivity index (χ4n) is 2.09. The number of hydrogen-bond acceptors (Lipinski definition) is 3.